The van der Waals surface area contributed by atoms with E-state index in [2.05, 4.69) is 4.98 Å². The molecule has 2 bridgehead atoms. The molecule has 0 spiro atoms. The lowest BCUT2D eigenvalue weighted by molar-refractivity contribution is -0.144. The van der Waals surface area contributed by atoms with Crippen molar-refractivity contribution in [1.29, 1.82) is 0 Å². The molecule has 0 N–H and O–H groups in total. The van der Waals surface area contributed by atoms with Gasteiger partial charge in [-0.2, -0.15) is 0 Å². The summed E-state index contributed by atoms with van der Waals surface area (Å²) in [6.07, 6.45) is 3.18. The first-order valence-corrected chi connectivity index (χ1v) is 9.23. The second-order valence-electron chi connectivity index (χ2n) is 6.59. The average Bonchev–Trinajstić information content (AvgIpc) is 3.14. The molecule has 1 aromatic carbocycles. The highest BCUT2D eigenvalue weighted by molar-refractivity contribution is 7.11. The van der Waals surface area contributed by atoms with E-state index in [0.717, 1.165) is 12.0 Å². The summed E-state index contributed by atoms with van der Waals surface area (Å²) in [5.41, 5.74) is 0.770. The summed E-state index contributed by atoms with van der Waals surface area (Å²) >= 11 is 1.29. The number of aromatic nitrogens is 1. The molecule has 0 saturated carbocycles. The van der Waals surface area contributed by atoms with Crippen molar-refractivity contribution in [2.24, 2.45) is 5.92 Å². The smallest absolute Gasteiger partial charge is 0.283 e. The molecule has 2 fully saturated rings. The highest BCUT2D eigenvalue weighted by Gasteiger charge is 2.43. The monoisotopic (exact) mass is 359 g/mol. The number of nitrogens with zero attached hydrogens (tertiary/aromatic N) is 3. The Kier molecular flexibility index (Phi) is 4.25. The minimum Gasteiger partial charge on any atom is -0.336 e. The van der Waals surface area contributed by atoms with E-state index in [1.165, 1.54) is 23.5 Å². The maximum Gasteiger partial charge on any atom is 0.283 e. The van der Waals surface area contributed by atoms with Crippen molar-refractivity contribution in [3.05, 3.63) is 52.2 Å². The van der Waals surface area contributed by atoms with E-state index >= 15 is 0 Å². The minimum atomic E-state index is -0.433. The number of fused-ring (bicyclic) bond motifs is 2. The third-order valence-corrected chi connectivity index (χ3v) is 5.69. The van der Waals surface area contributed by atoms with Gasteiger partial charge in [-0.25, -0.2) is 9.37 Å². The van der Waals surface area contributed by atoms with Crippen LogP contribution in [0.3, 0.4) is 0 Å². The Morgan fingerprint density at radius 1 is 1.40 bits per heavy atom. The second-order valence-corrected chi connectivity index (χ2v) is 7.49. The van der Waals surface area contributed by atoms with Crippen LogP contribution in [0.5, 0.6) is 0 Å². The zero-order chi connectivity index (χ0) is 17.4. The molecule has 2 saturated heterocycles. The zero-order valence-electron chi connectivity index (χ0n) is 13.6. The van der Waals surface area contributed by atoms with Crippen molar-refractivity contribution in [2.45, 2.75) is 25.4 Å². The number of carbonyl (C=O) groups excluding carboxylic acids is 2. The Morgan fingerprint density at radius 2 is 2.28 bits per heavy atom. The Bertz CT molecular complexity index is 795. The summed E-state index contributed by atoms with van der Waals surface area (Å²) in [6, 6.07) is 5.88. The first-order chi connectivity index (χ1) is 12.1. The van der Waals surface area contributed by atoms with Gasteiger partial charge in [-0.3, -0.25) is 9.59 Å². The number of hydrogen-bond donors (Lipinski definition) is 0. The maximum absolute atomic E-state index is 13.4. The van der Waals surface area contributed by atoms with Gasteiger partial charge in [-0.15, -0.1) is 11.3 Å². The lowest BCUT2D eigenvalue weighted by atomic mass is 9.85. The van der Waals surface area contributed by atoms with Crippen molar-refractivity contribution < 1.29 is 14.0 Å². The van der Waals surface area contributed by atoms with Gasteiger partial charge in [0, 0.05) is 31.2 Å². The van der Waals surface area contributed by atoms with Crippen molar-refractivity contribution in [3.8, 4) is 0 Å². The number of thiazole rings is 1. The fourth-order valence-electron chi connectivity index (χ4n) is 3.74. The van der Waals surface area contributed by atoms with Crippen molar-refractivity contribution in [2.75, 3.05) is 13.1 Å². The topological polar surface area (TPSA) is 53.5 Å². The number of rotatable bonds is 3. The Morgan fingerprint density at radius 3 is 3.04 bits per heavy atom. The summed E-state index contributed by atoms with van der Waals surface area (Å²) < 4.78 is 13.4. The van der Waals surface area contributed by atoms with Gasteiger partial charge >= 0.3 is 0 Å². The number of amides is 2. The Labute approximate surface area is 149 Å². The summed E-state index contributed by atoms with van der Waals surface area (Å²) in [5.74, 6) is -0.135. The van der Waals surface area contributed by atoms with Crippen LogP contribution in [0.4, 0.5) is 4.39 Å². The van der Waals surface area contributed by atoms with Crippen molar-refractivity contribution >= 4 is 23.2 Å². The van der Waals surface area contributed by atoms with Crippen LogP contribution < -0.4 is 0 Å². The van der Waals surface area contributed by atoms with Crippen LogP contribution in [-0.2, 0) is 11.3 Å². The number of piperidine rings is 2. The number of likely N-dealkylation sites (tertiary alicyclic amines) is 2. The van der Waals surface area contributed by atoms with Gasteiger partial charge in [0.15, 0.2) is 5.01 Å². The molecule has 4 rings (SSSR count). The maximum atomic E-state index is 13.4. The number of benzene rings is 1. The number of hydrogen-bond acceptors (Lipinski definition) is 4. The summed E-state index contributed by atoms with van der Waals surface area (Å²) in [6.45, 7) is 1.64. The minimum absolute atomic E-state index is 0.0508. The van der Waals surface area contributed by atoms with Gasteiger partial charge in [0.1, 0.15) is 11.9 Å². The molecular formula is C18H18FN3O2S. The Hall–Kier alpha value is -2.28. The van der Waals surface area contributed by atoms with E-state index in [0.29, 0.717) is 37.0 Å². The fourth-order valence-corrected chi connectivity index (χ4v) is 4.33. The first kappa shape index (κ1) is 16.2. The molecule has 7 heteroatoms. The van der Waals surface area contributed by atoms with Gasteiger partial charge in [0.05, 0.1) is 0 Å². The molecule has 2 aromatic rings. The van der Waals surface area contributed by atoms with Crippen LogP contribution in [0.2, 0.25) is 0 Å². The molecule has 2 amide bonds. The van der Waals surface area contributed by atoms with Crippen LogP contribution in [0, 0.1) is 11.7 Å². The molecular weight excluding hydrogens is 341 g/mol. The molecule has 2 aliphatic rings. The second kappa shape index (κ2) is 6.55. The Balaban J connectivity index is 1.54. The van der Waals surface area contributed by atoms with Crippen molar-refractivity contribution in [1.82, 2.24) is 14.8 Å². The molecule has 0 unspecified atom stereocenters. The first-order valence-electron chi connectivity index (χ1n) is 8.35. The lowest BCUT2D eigenvalue weighted by Gasteiger charge is -2.46. The molecule has 0 radical (unpaired) electrons. The van der Waals surface area contributed by atoms with Crippen LogP contribution in [0.1, 0.15) is 28.2 Å². The molecule has 5 nitrogen and oxygen atoms in total. The standard InChI is InChI=1S/C18H18FN3O2S/c19-14-3-1-2-12(8-14)10-21-11-13-4-6-22(15(9-13)17(21)23)18(24)16-20-5-7-25-16/h1-3,5,7-8,13,15H,4,6,9-11H2/t13-,15+/m0/s1. The molecule has 2 aliphatic heterocycles. The van der Waals surface area contributed by atoms with Gasteiger partial charge in [-0.1, -0.05) is 12.1 Å². The summed E-state index contributed by atoms with van der Waals surface area (Å²) in [5, 5.41) is 2.19. The highest BCUT2D eigenvalue weighted by atomic mass is 32.1. The van der Waals surface area contributed by atoms with E-state index in [9.17, 15) is 14.0 Å². The summed E-state index contributed by atoms with van der Waals surface area (Å²) in [4.78, 5) is 33.1. The van der Waals surface area contributed by atoms with Crippen LogP contribution in [0.25, 0.3) is 0 Å². The third kappa shape index (κ3) is 3.16. The molecule has 25 heavy (non-hydrogen) atoms. The largest absolute Gasteiger partial charge is 0.336 e. The predicted molar refractivity (Wildman–Crippen MR) is 91.5 cm³/mol. The van der Waals surface area contributed by atoms with E-state index < -0.39 is 6.04 Å². The van der Waals surface area contributed by atoms with E-state index in [4.69, 9.17) is 0 Å². The molecule has 0 aliphatic carbocycles. The number of halogens is 1. The predicted octanol–water partition coefficient (Wildman–Crippen LogP) is 2.55. The van der Waals surface area contributed by atoms with Crippen LogP contribution >= 0.6 is 11.3 Å². The molecule has 130 valence electrons. The van der Waals surface area contributed by atoms with Crippen LogP contribution in [0.15, 0.2) is 35.8 Å². The lowest BCUT2D eigenvalue weighted by Crippen LogP contribution is -2.59. The zero-order valence-corrected chi connectivity index (χ0v) is 14.4. The van der Waals surface area contributed by atoms with Gasteiger partial charge in [0.25, 0.3) is 5.91 Å². The SMILES string of the molecule is O=C1[C@H]2C[C@H](CCN2C(=O)c2nccs2)CN1Cc1cccc(F)c1. The van der Waals surface area contributed by atoms with Gasteiger partial charge < -0.3 is 9.80 Å². The van der Waals surface area contributed by atoms with E-state index in [1.54, 1.807) is 27.4 Å². The third-order valence-electron chi connectivity index (χ3n) is 4.92. The van der Waals surface area contributed by atoms with Gasteiger partial charge in [-0.05, 0) is 36.5 Å². The summed E-state index contributed by atoms with van der Waals surface area (Å²) in [7, 11) is 0. The van der Waals surface area contributed by atoms with Crippen LogP contribution in [-0.4, -0.2) is 45.7 Å². The van der Waals surface area contributed by atoms with E-state index in [-0.39, 0.29) is 17.6 Å². The molecule has 3 heterocycles. The van der Waals surface area contributed by atoms with E-state index in [1.807, 2.05) is 6.07 Å². The molecule has 2 atom stereocenters. The highest BCUT2D eigenvalue weighted by Crippen LogP contribution is 2.32. The number of carbonyl (C=O) groups is 2. The fraction of sp³-hybridized carbons (Fsp3) is 0.389. The van der Waals surface area contributed by atoms with Crippen molar-refractivity contribution in [3.63, 3.8) is 0 Å². The quantitative estimate of drug-likeness (QED) is 0.846. The molecule has 1 aromatic heterocycles. The average molecular weight is 359 g/mol. The van der Waals surface area contributed by atoms with Gasteiger partial charge in [0.2, 0.25) is 5.91 Å². The normalized spacial score (nSPS) is 23.0.